The molecule has 0 radical (unpaired) electrons. The molecule has 2 N–H and O–H groups in total. The molecule has 0 unspecified atom stereocenters. The second-order valence-electron chi connectivity index (χ2n) is 4.59. The number of hydrogen-bond donors (Lipinski definition) is 2. The fraction of sp³-hybridized carbons (Fsp3) is 0.538. The van der Waals surface area contributed by atoms with E-state index in [4.69, 9.17) is 23.2 Å². The quantitative estimate of drug-likeness (QED) is 0.847. The van der Waals surface area contributed by atoms with Crippen molar-refractivity contribution < 1.29 is 10.2 Å². The summed E-state index contributed by atoms with van der Waals surface area (Å²) >= 11 is 12.2. The Morgan fingerprint density at radius 3 is 1.89 bits per heavy atom. The summed E-state index contributed by atoms with van der Waals surface area (Å²) in [5.41, 5.74) is 0.821. The van der Waals surface area contributed by atoms with Crippen molar-refractivity contribution in [2.45, 2.75) is 32.6 Å². The fourth-order valence-electron chi connectivity index (χ4n) is 1.86. The van der Waals surface area contributed by atoms with Gasteiger partial charge in [0, 0.05) is 35.2 Å². The molecule has 3 nitrogen and oxygen atoms in total. The van der Waals surface area contributed by atoms with E-state index >= 15 is 0 Å². The van der Waals surface area contributed by atoms with Gasteiger partial charge in [0.25, 0.3) is 0 Å². The Hall–Kier alpha value is -0.320. The molecule has 1 rings (SSSR count). The minimum Gasteiger partial charge on any atom is -0.392 e. The number of halogens is 2. The van der Waals surface area contributed by atoms with Crippen LogP contribution in [0.2, 0.25) is 10.0 Å². The molecular weight excluding hydrogens is 273 g/mol. The first kappa shape index (κ1) is 15.7. The zero-order valence-electron chi connectivity index (χ0n) is 10.6. The van der Waals surface area contributed by atoms with Crippen molar-refractivity contribution in [1.29, 1.82) is 0 Å². The zero-order valence-corrected chi connectivity index (χ0v) is 12.1. The highest BCUT2D eigenvalue weighted by Crippen LogP contribution is 2.25. The lowest BCUT2D eigenvalue weighted by Crippen LogP contribution is -2.36. The lowest BCUT2D eigenvalue weighted by molar-refractivity contribution is 0.0794. The number of nitrogens with zero attached hydrogens (tertiary/aromatic N) is 1. The van der Waals surface area contributed by atoms with Gasteiger partial charge in [-0.1, -0.05) is 29.3 Å². The van der Waals surface area contributed by atoms with Crippen LogP contribution in [0.25, 0.3) is 0 Å². The third-order valence-corrected chi connectivity index (χ3v) is 3.20. The van der Waals surface area contributed by atoms with Crippen molar-refractivity contribution in [3.8, 4) is 0 Å². The van der Waals surface area contributed by atoms with E-state index in [9.17, 15) is 10.2 Å². The maximum Gasteiger partial charge on any atom is 0.0639 e. The van der Waals surface area contributed by atoms with E-state index in [0.29, 0.717) is 29.7 Å². The summed E-state index contributed by atoms with van der Waals surface area (Å²) in [6, 6.07) is 5.36. The number of benzene rings is 1. The third-order valence-electron chi connectivity index (χ3n) is 2.49. The van der Waals surface area contributed by atoms with Crippen LogP contribution in [-0.2, 0) is 6.54 Å². The van der Waals surface area contributed by atoms with Crippen molar-refractivity contribution >= 4 is 23.2 Å². The molecule has 0 heterocycles. The summed E-state index contributed by atoms with van der Waals surface area (Å²) in [6.07, 6.45) is -0.935. The molecule has 0 bridgehead atoms. The van der Waals surface area contributed by atoms with Gasteiger partial charge in [-0.25, -0.2) is 0 Å². The lowest BCUT2D eigenvalue weighted by atomic mass is 10.2. The molecule has 1 aromatic rings. The van der Waals surface area contributed by atoms with Crippen molar-refractivity contribution in [2.24, 2.45) is 0 Å². The topological polar surface area (TPSA) is 43.7 Å². The summed E-state index contributed by atoms with van der Waals surface area (Å²) in [5.74, 6) is 0. The van der Waals surface area contributed by atoms with E-state index in [2.05, 4.69) is 0 Å². The number of hydrogen-bond acceptors (Lipinski definition) is 3. The fourth-order valence-corrected chi connectivity index (χ4v) is 2.37. The first-order valence-corrected chi connectivity index (χ1v) is 6.67. The Morgan fingerprint density at radius 1 is 1.06 bits per heavy atom. The molecule has 0 spiro atoms. The predicted molar refractivity (Wildman–Crippen MR) is 75.1 cm³/mol. The van der Waals surface area contributed by atoms with E-state index in [1.165, 1.54) is 0 Å². The van der Waals surface area contributed by atoms with E-state index in [1.807, 2.05) is 4.90 Å². The SMILES string of the molecule is C[C@@H](O)CN(Cc1c(Cl)cccc1Cl)C[C@@H](C)O. The molecule has 0 aliphatic carbocycles. The normalized spacial score (nSPS) is 14.8. The van der Waals surface area contributed by atoms with E-state index in [-0.39, 0.29) is 0 Å². The molecule has 1 aromatic carbocycles. The first-order chi connectivity index (χ1) is 8.40. The Balaban J connectivity index is 2.81. The molecule has 0 fully saturated rings. The maximum absolute atomic E-state index is 9.46. The minimum absolute atomic E-state index is 0.465. The Bertz CT molecular complexity index is 353. The van der Waals surface area contributed by atoms with Crippen LogP contribution in [0.1, 0.15) is 19.4 Å². The highest BCUT2D eigenvalue weighted by molar-refractivity contribution is 6.35. The summed E-state index contributed by atoms with van der Waals surface area (Å²) in [5, 5.41) is 20.1. The smallest absolute Gasteiger partial charge is 0.0639 e. The largest absolute Gasteiger partial charge is 0.392 e. The van der Waals surface area contributed by atoms with Gasteiger partial charge in [-0.05, 0) is 26.0 Å². The van der Waals surface area contributed by atoms with E-state index in [0.717, 1.165) is 5.56 Å². The average molecular weight is 292 g/mol. The van der Waals surface area contributed by atoms with Crippen molar-refractivity contribution in [3.05, 3.63) is 33.8 Å². The molecule has 2 atom stereocenters. The first-order valence-electron chi connectivity index (χ1n) is 5.91. The molecule has 0 aliphatic heterocycles. The van der Waals surface area contributed by atoms with E-state index in [1.54, 1.807) is 32.0 Å². The summed E-state index contributed by atoms with van der Waals surface area (Å²) in [6.45, 7) is 4.86. The highest BCUT2D eigenvalue weighted by atomic mass is 35.5. The van der Waals surface area contributed by atoms with Gasteiger partial charge >= 0.3 is 0 Å². The van der Waals surface area contributed by atoms with Crippen molar-refractivity contribution in [3.63, 3.8) is 0 Å². The molecule has 18 heavy (non-hydrogen) atoms. The predicted octanol–water partition coefficient (Wildman–Crippen LogP) is 2.56. The molecule has 0 aliphatic rings. The van der Waals surface area contributed by atoms with Crippen LogP contribution < -0.4 is 0 Å². The number of aliphatic hydroxyl groups is 2. The Labute approximate surface area is 118 Å². The second kappa shape index (κ2) is 7.31. The molecule has 0 aromatic heterocycles. The van der Waals surface area contributed by atoms with Gasteiger partial charge in [0.1, 0.15) is 0 Å². The van der Waals surface area contributed by atoms with Gasteiger partial charge in [0.05, 0.1) is 12.2 Å². The van der Waals surface area contributed by atoms with Crippen LogP contribution in [0.5, 0.6) is 0 Å². The van der Waals surface area contributed by atoms with Crippen molar-refractivity contribution in [2.75, 3.05) is 13.1 Å². The Kier molecular flexibility index (Phi) is 6.39. The lowest BCUT2D eigenvalue weighted by Gasteiger charge is -2.25. The molecule has 0 saturated carbocycles. The molecule has 102 valence electrons. The van der Waals surface area contributed by atoms with Crippen LogP contribution in [0.4, 0.5) is 0 Å². The monoisotopic (exact) mass is 291 g/mol. The Morgan fingerprint density at radius 2 is 1.50 bits per heavy atom. The van der Waals surface area contributed by atoms with E-state index < -0.39 is 12.2 Å². The standard InChI is InChI=1S/C13H19Cl2NO2/c1-9(17)6-16(7-10(2)18)8-11-12(14)4-3-5-13(11)15/h3-5,9-10,17-18H,6-8H2,1-2H3/t9-,10-/m1/s1. The minimum atomic E-state index is -0.468. The highest BCUT2D eigenvalue weighted by Gasteiger charge is 2.15. The number of rotatable bonds is 6. The molecular formula is C13H19Cl2NO2. The zero-order chi connectivity index (χ0) is 13.7. The number of aliphatic hydroxyl groups excluding tert-OH is 2. The third kappa shape index (κ3) is 5.12. The van der Waals surface area contributed by atoms with Gasteiger partial charge in [-0.2, -0.15) is 0 Å². The van der Waals surface area contributed by atoms with Gasteiger partial charge in [-0.15, -0.1) is 0 Å². The van der Waals surface area contributed by atoms with Gasteiger partial charge in [0.2, 0.25) is 0 Å². The molecule has 0 amide bonds. The van der Waals surface area contributed by atoms with Gasteiger partial charge in [0.15, 0.2) is 0 Å². The maximum atomic E-state index is 9.46. The van der Waals surface area contributed by atoms with Gasteiger partial charge < -0.3 is 10.2 Å². The van der Waals surface area contributed by atoms with Gasteiger partial charge in [-0.3, -0.25) is 4.90 Å². The van der Waals surface area contributed by atoms with Crippen LogP contribution in [0.15, 0.2) is 18.2 Å². The molecule has 0 saturated heterocycles. The van der Waals surface area contributed by atoms with Crippen molar-refractivity contribution in [1.82, 2.24) is 4.90 Å². The molecule has 5 heteroatoms. The average Bonchev–Trinajstić information content (AvgIpc) is 2.21. The second-order valence-corrected chi connectivity index (χ2v) is 5.41. The summed E-state index contributed by atoms with van der Waals surface area (Å²) in [7, 11) is 0. The summed E-state index contributed by atoms with van der Waals surface area (Å²) in [4.78, 5) is 1.93. The summed E-state index contributed by atoms with van der Waals surface area (Å²) < 4.78 is 0. The van der Waals surface area contributed by atoms with Crippen LogP contribution >= 0.6 is 23.2 Å². The van der Waals surface area contributed by atoms with Crippen LogP contribution in [-0.4, -0.2) is 40.4 Å². The van der Waals surface area contributed by atoms with Crippen LogP contribution in [0.3, 0.4) is 0 Å². The van der Waals surface area contributed by atoms with Crippen LogP contribution in [0, 0.1) is 0 Å².